The molecule has 1 aromatic heterocycles. The van der Waals surface area contributed by atoms with Crippen molar-refractivity contribution in [2.24, 2.45) is 5.92 Å². The molecule has 104 valence electrons. The average molecular weight is 261 g/mol. The molecule has 1 atom stereocenters. The number of allylic oxidation sites excluding steroid dienone is 2. The molecule has 1 heterocycles. The first-order valence-corrected chi connectivity index (χ1v) is 6.81. The molecule has 3 heteroatoms. The average Bonchev–Trinajstić information content (AvgIpc) is 2.39. The molecule has 0 saturated heterocycles. The summed E-state index contributed by atoms with van der Waals surface area (Å²) in [6.07, 6.45) is 6.97. The highest BCUT2D eigenvalue weighted by molar-refractivity contribution is 5.87. The molecule has 1 aromatic rings. The Bertz CT molecular complexity index is 408. The van der Waals surface area contributed by atoms with Crippen molar-refractivity contribution in [1.29, 1.82) is 0 Å². The third-order valence-corrected chi connectivity index (χ3v) is 2.93. The normalized spacial score (nSPS) is 11.7. The maximum Gasteiger partial charge on any atom is 0.356 e. The second-order valence-corrected chi connectivity index (χ2v) is 5.10. The number of carbonyl (C=O) groups is 1. The van der Waals surface area contributed by atoms with Crippen LogP contribution in [0.4, 0.5) is 0 Å². The highest BCUT2D eigenvalue weighted by atomic mass is 16.5. The standard InChI is InChI=1S/C16H23NO2/c1-13(2)7-6-8-14(3)10-12-19-16(18)15-9-4-5-11-17-15/h4-5,7,9,11,14H,6,8,10,12H2,1-3H3. The molecule has 0 aliphatic rings. The van der Waals surface area contributed by atoms with Gasteiger partial charge in [-0.25, -0.2) is 9.78 Å². The van der Waals surface area contributed by atoms with Crippen LogP contribution in [0.2, 0.25) is 0 Å². The summed E-state index contributed by atoms with van der Waals surface area (Å²) in [4.78, 5) is 15.6. The Morgan fingerprint density at radius 3 is 2.79 bits per heavy atom. The van der Waals surface area contributed by atoms with Gasteiger partial charge >= 0.3 is 5.97 Å². The highest BCUT2D eigenvalue weighted by Gasteiger charge is 2.08. The molecule has 0 radical (unpaired) electrons. The monoisotopic (exact) mass is 261 g/mol. The first-order chi connectivity index (χ1) is 9.09. The number of esters is 1. The Hall–Kier alpha value is -1.64. The van der Waals surface area contributed by atoms with Gasteiger partial charge in [0.25, 0.3) is 0 Å². The van der Waals surface area contributed by atoms with E-state index in [4.69, 9.17) is 4.74 Å². The van der Waals surface area contributed by atoms with Crippen LogP contribution < -0.4 is 0 Å². The van der Waals surface area contributed by atoms with Gasteiger partial charge in [-0.15, -0.1) is 0 Å². The van der Waals surface area contributed by atoms with Crippen LogP contribution in [-0.4, -0.2) is 17.6 Å². The van der Waals surface area contributed by atoms with Gasteiger partial charge in [0.1, 0.15) is 5.69 Å². The quantitative estimate of drug-likeness (QED) is 0.550. The zero-order valence-corrected chi connectivity index (χ0v) is 12.1. The first kappa shape index (κ1) is 15.4. The molecule has 0 amide bonds. The Labute approximate surface area is 115 Å². The second kappa shape index (κ2) is 8.46. The molecule has 0 bridgehead atoms. The van der Waals surface area contributed by atoms with Gasteiger partial charge in [-0.2, -0.15) is 0 Å². The largest absolute Gasteiger partial charge is 0.461 e. The van der Waals surface area contributed by atoms with E-state index < -0.39 is 0 Å². The summed E-state index contributed by atoms with van der Waals surface area (Å²) in [6.45, 7) is 6.87. The van der Waals surface area contributed by atoms with Crippen molar-refractivity contribution in [3.63, 3.8) is 0 Å². The number of carbonyl (C=O) groups excluding carboxylic acids is 1. The van der Waals surface area contributed by atoms with Crippen LogP contribution >= 0.6 is 0 Å². The summed E-state index contributed by atoms with van der Waals surface area (Å²) in [7, 11) is 0. The number of hydrogen-bond acceptors (Lipinski definition) is 3. The third kappa shape index (κ3) is 6.75. The Kier molecular flexibility index (Phi) is 6.86. The highest BCUT2D eigenvalue weighted by Crippen LogP contribution is 2.12. The van der Waals surface area contributed by atoms with Crippen molar-refractivity contribution in [2.75, 3.05) is 6.61 Å². The lowest BCUT2D eigenvalue weighted by molar-refractivity contribution is 0.0477. The number of pyridine rings is 1. The van der Waals surface area contributed by atoms with E-state index in [1.807, 2.05) is 0 Å². The van der Waals surface area contributed by atoms with E-state index >= 15 is 0 Å². The van der Waals surface area contributed by atoms with E-state index in [0.717, 1.165) is 19.3 Å². The first-order valence-electron chi connectivity index (χ1n) is 6.81. The van der Waals surface area contributed by atoms with E-state index in [-0.39, 0.29) is 5.97 Å². The van der Waals surface area contributed by atoms with Gasteiger partial charge in [0.2, 0.25) is 0 Å². The predicted molar refractivity (Wildman–Crippen MR) is 77.0 cm³/mol. The third-order valence-electron chi connectivity index (χ3n) is 2.93. The molecule has 0 spiro atoms. The fraction of sp³-hybridized carbons (Fsp3) is 0.500. The lowest BCUT2D eigenvalue weighted by atomic mass is 10.0. The Balaban J connectivity index is 2.20. The topological polar surface area (TPSA) is 39.2 Å². The number of hydrogen-bond donors (Lipinski definition) is 0. The van der Waals surface area contributed by atoms with Crippen LogP contribution in [0, 0.1) is 5.92 Å². The lowest BCUT2D eigenvalue weighted by Crippen LogP contribution is -2.10. The van der Waals surface area contributed by atoms with Gasteiger partial charge in [-0.05, 0) is 51.2 Å². The van der Waals surface area contributed by atoms with Crippen molar-refractivity contribution in [2.45, 2.75) is 40.0 Å². The predicted octanol–water partition coefficient (Wildman–Crippen LogP) is 4.01. The lowest BCUT2D eigenvalue weighted by Gasteiger charge is -2.10. The molecular weight excluding hydrogens is 238 g/mol. The minimum absolute atomic E-state index is 0.336. The molecule has 0 fully saturated rings. The van der Waals surface area contributed by atoms with Gasteiger partial charge in [0, 0.05) is 6.20 Å². The van der Waals surface area contributed by atoms with Gasteiger partial charge in [-0.1, -0.05) is 24.6 Å². The molecule has 0 saturated carbocycles. The fourth-order valence-electron chi connectivity index (χ4n) is 1.71. The Morgan fingerprint density at radius 1 is 1.37 bits per heavy atom. The molecular formula is C16H23NO2. The van der Waals surface area contributed by atoms with Crippen molar-refractivity contribution < 1.29 is 9.53 Å². The van der Waals surface area contributed by atoms with Gasteiger partial charge < -0.3 is 4.74 Å². The molecule has 0 aliphatic carbocycles. The number of ether oxygens (including phenoxy) is 1. The zero-order valence-electron chi connectivity index (χ0n) is 12.1. The number of nitrogens with zero attached hydrogens (tertiary/aromatic N) is 1. The Morgan fingerprint density at radius 2 is 2.16 bits per heavy atom. The van der Waals surface area contributed by atoms with Crippen molar-refractivity contribution in [1.82, 2.24) is 4.98 Å². The van der Waals surface area contributed by atoms with E-state index in [1.54, 1.807) is 24.4 Å². The summed E-state index contributed by atoms with van der Waals surface area (Å²) in [5.41, 5.74) is 1.73. The molecule has 0 N–H and O–H groups in total. The van der Waals surface area contributed by atoms with Crippen LogP contribution in [0.3, 0.4) is 0 Å². The molecule has 1 rings (SSSR count). The van der Waals surface area contributed by atoms with E-state index in [2.05, 4.69) is 31.8 Å². The van der Waals surface area contributed by atoms with Crippen LogP contribution in [0.15, 0.2) is 36.0 Å². The van der Waals surface area contributed by atoms with Crippen LogP contribution in [0.1, 0.15) is 50.5 Å². The maximum atomic E-state index is 11.6. The molecule has 19 heavy (non-hydrogen) atoms. The number of rotatable bonds is 7. The van der Waals surface area contributed by atoms with Crippen molar-refractivity contribution in [3.05, 3.63) is 41.7 Å². The smallest absolute Gasteiger partial charge is 0.356 e. The van der Waals surface area contributed by atoms with Gasteiger partial charge in [-0.3, -0.25) is 0 Å². The minimum Gasteiger partial charge on any atom is -0.461 e. The molecule has 0 aliphatic heterocycles. The van der Waals surface area contributed by atoms with Crippen LogP contribution in [0.5, 0.6) is 0 Å². The van der Waals surface area contributed by atoms with E-state index in [9.17, 15) is 4.79 Å². The van der Waals surface area contributed by atoms with Crippen molar-refractivity contribution >= 4 is 5.97 Å². The van der Waals surface area contributed by atoms with Crippen LogP contribution in [-0.2, 0) is 4.74 Å². The molecule has 0 aromatic carbocycles. The van der Waals surface area contributed by atoms with Crippen molar-refractivity contribution in [3.8, 4) is 0 Å². The number of aromatic nitrogens is 1. The van der Waals surface area contributed by atoms with Gasteiger partial charge in [0.05, 0.1) is 6.61 Å². The zero-order chi connectivity index (χ0) is 14.1. The summed E-state index contributed by atoms with van der Waals surface area (Å²) in [5.74, 6) is 0.226. The molecule has 3 nitrogen and oxygen atoms in total. The summed E-state index contributed by atoms with van der Waals surface area (Å²) < 4.78 is 5.21. The van der Waals surface area contributed by atoms with E-state index in [0.29, 0.717) is 18.2 Å². The maximum absolute atomic E-state index is 11.6. The SMILES string of the molecule is CC(C)=CCCC(C)CCOC(=O)c1ccccn1. The second-order valence-electron chi connectivity index (χ2n) is 5.10. The summed E-state index contributed by atoms with van der Waals surface area (Å²) in [6, 6.07) is 5.23. The summed E-state index contributed by atoms with van der Waals surface area (Å²) in [5, 5.41) is 0. The summed E-state index contributed by atoms with van der Waals surface area (Å²) >= 11 is 0. The fourth-order valence-corrected chi connectivity index (χ4v) is 1.71. The van der Waals surface area contributed by atoms with Crippen LogP contribution in [0.25, 0.3) is 0 Å². The van der Waals surface area contributed by atoms with Gasteiger partial charge in [0.15, 0.2) is 0 Å². The van der Waals surface area contributed by atoms with E-state index in [1.165, 1.54) is 5.57 Å². The minimum atomic E-state index is -0.336. The molecule has 1 unspecified atom stereocenters.